The molecule has 0 atom stereocenters. The molecular formula is C18H26FIN6O. The Morgan fingerprint density at radius 1 is 1.41 bits per heavy atom. The number of aliphatic imine (C=N–C) groups is 1. The van der Waals surface area contributed by atoms with Gasteiger partial charge in [0.15, 0.2) is 23.4 Å². The summed E-state index contributed by atoms with van der Waals surface area (Å²) >= 11 is 0. The molecule has 0 unspecified atom stereocenters. The molecule has 27 heavy (non-hydrogen) atoms. The van der Waals surface area contributed by atoms with E-state index in [4.69, 9.17) is 4.74 Å². The van der Waals surface area contributed by atoms with Crippen molar-refractivity contribution in [3.8, 4) is 5.75 Å². The summed E-state index contributed by atoms with van der Waals surface area (Å²) in [6.45, 7) is 7.44. The number of aryl methyl sites for hydroxylation is 1. The molecule has 0 aliphatic rings. The van der Waals surface area contributed by atoms with Crippen molar-refractivity contribution in [1.29, 1.82) is 0 Å². The number of hydrogen-bond acceptors (Lipinski definition) is 4. The van der Waals surface area contributed by atoms with Crippen LogP contribution in [0.1, 0.15) is 11.6 Å². The van der Waals surface area contributed by atoms with Crippen LogP contribution in [0.25, 0.3) is 0 Å². The maximum absolute atomic E-state index is 13.6. The summed E-state index contributed by atoms with van der Waals surface area (Å²) in [5.74, 6) is 2.17. The molecule has 1 N–H and O–H groups in total. The van der Waals surface area contributed by atoms with Gasteiger partial charge in [-0.3, -0.25) is 0 Å². The van der Waals surface area contributed by atoms with Crippen molar-refractivity contribution in [3.05, 3.63) is 54.4 Å². The van der Waals surface area contributed by atoms with E-state index in [0.717, 1.165) is 11.6 Å². The summed E-state index contributed by atoms with van der Waals surface area (Å²) in [5.41, 5.74) is 0. The van der Waals surface area contributed by atoms with Crippen LogP contribution in [-0.2, 0) is 13.6 Å². The number of benzene rings is 1. The summed E-state index contributed by atoms with van der Waals surface area (Å²) in [4.78, 5) is 6.49. The fourth-order valence-electron chi connectivity index (χ4n) is 2.17. The van der Waals surface area contributed by atoms with Crippen LogP contribution in [0.15, 0.2) is 41.9 Å². The summed E-state index contributed by atoms with van der Waals surface area (Å²) in [6, 6.07) is 6.35. The first-order valence-electron chi connectivity index (χ1n) is 8.35. The highest BCUT2D eigenvalue weighted by atomic mass is 127. The van der Waals surface area contributed by atoms with E-state index in [9.17, 15) is 4.39 Å². The predicted octanol–water partition coefficient (Wildman–Crippen LogP) is 2.52. The summed E-state index contributed by atoms with van der Waals surface area (Å²) in [5, 5.41) is 11.3. The Morgan fingerprint density at radius 2 is 2.15 bits per heavy atom. The summed E-state index contributed by atoms with van der Waals surface area (Å²) < 4.78 is 21.0. The largest absolute Gasteiger partial charge is 0.489 e. The second-order valence-electron chi connectivity index (χ2n) is 5.73. The standard InChI is InChI=1S/C18H25FN6O.HI/c1-5-10-20-18(21-13-17-23-22-14(2)25(17)4)24(3)11-12-26-16-9-7-6-8-15(16)19;/h5-9H,1,10-13H2,2-4H3,(H,20,21);1H. The minimum Gasteiger partial charge on any atom is -0.489 e. The lowest BCUT2D eigenvalue weighted by Crippen LogP contribution is -2.41. The Morgan fingerprint density at radius 3 is 2.78 bits per heavy atom. The second kappa shape index (κ2) is 11.5. The molecule has 0 spiro atoms. The highest BCUT2D eigenvalue weighted by Gasteiger charge is 2.09. The minimum atomic E-state index is -0.369. The lowest BCUT2D eigenvalue weighted by Gasteiger charge is -2.22. The predicted molar refractivity (Wildman–Crippen MR) is 115 cm³/mol. The molecular weight excluding hydrogens is 462 g/mol. The zero-order valence-corrected chi connectivity index (χ0v) is 18.2. The van der Waals surface area contributed by atoms with Gasteiger partial charge >= 0.3 is 0 Å². The number of nitrogens with one attached hydrogen (secondary N) is 1. The monoisotopic (exact) mass is 488 g/mol. The van der Waals surface area contributed by atoms with Gasteiger partial charge in [-0.15, -0.1) is 40.8 Å². The molecule has 1 heterocycles. The minimum absolute atomic E-state index is 0. The van der Waals surface area contributed by atoms with Crippen molar-refractivity contribution < 1.29 is 9.13 Å². The number of halogens is 2. The third-order valence-electron chi connectivity index (χ3n) is 3.84. The lowest BCUT2D eigenvalue weighted by atomic mass is 10.3. The molecule has 1 aromatic carbocycles. The number of rotatable bonds is 8. The third-order valence-corrected chi connectivity index (χ3v) is 3.84. The van der Waals surface area contributed by atoms with E-state index in [-0.39, 0.29) is 35.5 Å². The number of hydrogen-bond donors (Lipinski definition) is 1. The zero-order chi connectivity index (χ0) is 18.9. The molecule has 9 heteroatoms. The van der Waals surface area contributed by atoms with Crippen LogP contribution in [0.3, 0.4) is 0 Å². The molecule has 2 aromatic rings. The number of likely N-dealkylation sites (N-methyl/N-ethyl adjacent to an activating group) is 1. The molecule has 148 valence electrons. The van der Waals surface area contributed by atoms with Gasteiger partial charge < -0.3 is 19.5 Å². The lowest BCUT2D eigenvalue weighted by molar-refractivity contribution is 0.270. The molecule has 0 amide bonds. The number of para-hydroxylation sites is 1. The van der Waals surface area contributed by atoms with Crippen molar-refractivity contribution in [2.75, 3.05) is 26.7 Å². The molecule has 0 bridgehead atoms. The Kier molecular flexibility index (Phi) is 9.76. The van der Waals surface area contributed by atoms with Crippen molar-refractivity contribution in [3.63, 3.8) is 0 Å². The normalized spacial score (nSPS) is 10.9. The van der Waals surface area contributed by atoms with E-state index in [1.54, 1.807) is 24.3 Å². The average molecular weight is 488 g/mol. The molecule has 0 aliphatic heterocycles. The molecule has 0 aliphatic carbocycles. The first-order chi connectivity index (χ1) is 12.5. The molecule has 2 rings (SSSR count). The van der Waals surface area contributed by atoms with Crippen LogP contribution < -0.4 is 10.1 Å². The Balaban J connectivity index is 0.00000364. The molecule has 0 fully saturated rings. The highest BCUT2D eigenvalue weighted by molar-refractivity contribution is 14.0. The van der Waals surface area contributed by atoms with E-state index in [2.05, 4.69) is 27.1 Å². The SMILES string of the molecule is C=CCNC(=NCc1nnc(C)n1C)N(C)CCOc1ccccc1F.I. The number of guanidine groups is 1. The van der Waals surface area contributed by atoms with Gasteiger partial charge in [0, 0.05) is 20.6 Å². The molecule has 0 radical (unpaired) electrons. The van der Waals surface area contributed by atoms with E-state index >= 15 is 0 Å². The molecule has 7 nitrogen and oxygen atoms in total. The smallest absolute Gasteiger partial charge is 0.194 e. The van der Waals surface area contributed by atoms with Crippen LogP contribution in [-0.4, -0.2) is 52.4 Å². The maximum Gasteiger partial charge on any atom is 0.194 e. The maximum atomic E-state index is 13.6. The van der Waals surface area contributed by atoms with Gasteiger partial charge in [0.2, 0.25) is 0 Å². The van der Waals surface area contributed by atoms with Crippen molar-refractivity contribution in [2.24, 2.45) is 12.0 Å². The topological polar surface area (TPSA) is 67.6 Å². The van der Waals surface area contributed by atoms with Gasteiger partial charge in [-0.05, 0) is 19.1 Å². The summed E-state index contributed by atoms with van der Waals surface area (Å²) in [6.07, 6.45) is 1.76. The van der Waals surface area contributed by atoms with Crippen LogP contribution in [0.2, 0.25) is 0 Å². The zero-order valence-electron chi connectivity index (χ0n) is 15.9. The van der Waals surface area contributed by atoms with Crippen molar-refractivity contribution in [1.82, 2.24) is 25.0 Å². The fraction of sp³-hybridized carbons (Fsp3) is 0.389. The van der Waals surface area contributed by atoms with E-state index in [1.807, 2.05) is 30.5 Å². The fourth-order valence-corrected chi connectivity index (χ4v) is 2.17. The van der Waals surface area contributed by atoms with Crippen LogP contribution >= 0.6 is 24.0 Å². The van der Waals surface area contributed by atoms with E-state index in [1.165, 1.54) is 6.07 Å². The summed E-state index contributed by atoms with van der Waals surface area (Å²) in [7, 11) is 3.80. The molecule has 0 saturated heterocycles. The number of nitrogens with zero attached hydrogens (tertiary/aromatic N) is 5. The van der Waals surface area contributed by atoms with Gasteiger partial charge in [-0.1, -0.05) is 18.2 Å². The van der Waals surface area contributed by atoms with Gasteiger partial charge in [0.1, 0.15) is 19.0 Å². The van der Waals surface area contributed by atoms with Gasteiger partial charge in [-0.25, -0.2) is 9.38 Å². The van der Waals surface area contributed by atoms with Crippen LogP contribution in [0.4, 0.5) is 4.39 Å². The van der Waals surface area contributed by atoms with Gasteiger partial charge in [-0.2, -0.15) is 0 Å². The van der Waals surface area contributed by atoms with E-state index < -0.39 is 0 Å². The molecule has 1 aromatic heterocycles. The van der Waals surface area contributed by atoms with Crippen LogP contribution in [0, 0.1) is 12.7 Å². The Labute approximate surface area is 176 Å². The number of ether oxygens (including phenoxy) is 1. The Hall–Kier alpha value is -2.17. The van der Waals surface area contributed by atoms with Crippen molar-refractivity contribution in [2.45, 2.75) is 13.5 Å². The second-order valence-corrected chi connectivity index (χ2v) is 5.73. The third kappa shape index (κ3) is 6.81. The van der Waals surface area contributed by atoms with Gasteiger partial charge in [0.25, 0.3) is 0 Å². The molecule has 0 saturated carbocycles. The van der Waals surface area contributed by atoms with Crippen LogP contribution in [0.5, 0.6) is 5.75 Å². The van der Waals surface area contributed by atoms with Crippen molar-refractivity contribution >= 4 is 29.9 Å². The quantitative estimate of drug-likeness (QED) is 0.268. The number of aromatic nitrogens is 3. The Bertz CT molecular complexity index is 764. The van der Waals surface area contributed by atoms with Gasteiger partial charge in [0.05, 0.1) is 6.54 Å². The highest BCUT2D eigenvalue weighted by Crippen LogP contribution is 2.15. The first-order valence-corrected chi connectivity index (χ1v) is 8.35. The first kappa shape index (κ1) is 22.9. The van der Waals surface area contributed by atoms with E-state index in [0.29, 0.717) is 32.2 Å². The average Bonchev–Trinajstić information content (AvgIpc) is 2.95.